The summed E-state index contributed by atoms with van der Waals surface area (Å²) in [6, 6.07) is 3.34. The molecule has 0 fully saturated rings. The van der Waals surface area contributed by atoms with Crippen molar-refractivity contribution < 1.29 is 18.0 Å². The molecule has 0 bridgehead atoms. The number of halogens is 3. The lowest BCUT2D eigenvalue weighted by Gasteiger charge is -2.06. The molecule has 3 aromatic rings. The Balaban J connectivity index is 2.01. The molecule has 0 aliphatic rings. The molecule has 0 aliphatic heterocycles. The number of H-pyrrole nitrogens is 2. The number of hydrogen-bond donors (Lipinski definition) is 3. The number of anilines is 1. The molecule has 1 amide bonds. The standard InChI is InChI=1S/C14H11F3N4O/c1-7-10-4-8(14(15,16)17)2-3-11(10)21-12(7)13(22)20-9-5-18-19-6-9/h2-6,21H,1H3,(H,18,19)(H,20,22). The highest BCUT2D eigenvalue weighted by molar-refractivity contribution is 6.07. The Morgan fingerprint density at radius 2 is 2.09 bits per heavy atom. The van der Waals surface area contributed by atoms with Crippen LogP contribution < -0.4 is 5.32 Å². The van der Waals surface area contributed by atoms with E-state index in [1.807, 2.05) is 0 Å². The van der Waals surface area contributed by atoms with E-state index in [2.05, 4.69) is 20.5 Å². The lowest BCUT2D eigenvalue weighted by molar-refractivity contribution is -0.137. The van der Waals surface area contributed by atoms with Gasteiger partial charge in [0, 0.05) is 17.1 Å². The van der Waals surface area contributed by atoms with Gasteiger partial charge in [-0.25, -0.2) is 0 Å². The summed E-state index contributed by atoms with van der Waals surface area (Å²) in [4.78, 5) is 15.0. The van der Waals surface area contributed by atoms with Crippen LogP contribution in [0.1, 0.15) is 21.6 Å². The zero-order valence-corrected chi connectivity index (χ0v) is 11.4. The molecule has 1 aromatic carbocycles. The van der Waals surface area contributed by atoms with E-state index in [0.717, 1.165) is 12.1 Å². The van der Waals surface area contributed by atoms with Crippen molar-refractivity contribution in [2.45, 2.75) is 13.1 Å². The molecule has 0 aliphatic carbocycles. The van der Waals surface area contributed by atoms with Crippen LogP contribution in [0.3, 0.4) is 0 Å². The summed E-state index contributed by atoms with van der Waals surface area (Å²) in [5.74, 6) is -0.441. The number of alkyl halides is 3. The first-order valence-electron chi connectivity index (χ1n) is 6.36. The van der Waals surface area contributed by atoms with Crippen molar-refractivity contribution in [3.8, 4) is 0 Å². The SMILES string of the molecule is Cc1c(C(=O)Nc2cn[nH]c2)[nH]c2ccc(C(F)(F)F)cc12. The second-order valence-electron chi connectivity index (χ2n) is 4.82. The Morgan fingerprint density at radius 3 is 2.73 bits per heavy atom. The number of nitrogens with zero attached hydrogens (tertiary/aromatic N) is 1. The van der Waals surface area contributed by atoms with Crippen LogP contribution in [0.5, 0.6) is 0 Å². The van der Waals surface area contributed by atoms with Gasteiger partial charge in [0.25, 0.3) is 5.91 Å². The van der Waals surface area contributed by atoms with Crippen molar-refractivity contribution >= 4 is 22.5 Å². The van der Waals surface area contributed by atoms with E-state index in [1.165, 1.54) is 18.5 Å². The van der Waals surface area contributed by atoms with Gasteiger partial charge in [0.15, 0.2) is 0 Å². The number of hydrogen-bond acceptors (Lipinski definition) is 2. The number of nitrogens with one attached hydrogen (secondary N) is 3. The number of fused-ring (bicyclic) bond motifs is 1. The second-order valence-corrected chi connectivity index (χ2v) is 4.82. The van der Waals surface area contributed by atoms with E-state index < -0.39 is 17.6 Å². The quantitative estimate of drug-likeness (QED) is 0.678. The highest BCUT2D eigenvalue weighted by atomic mass is 19.4. The fourth-order valence-corrected chi connectivity index (χ4v) is 2.24. The van der Waals surface area contributed by atoms with Gasteiger partial charge in [-0.2, -0.15) is 18.3 Å². The largest absolute Gasteiger partial charge is 0.416 e. The number of rotatable bonds is 2. The van der Waals surface area contributed by atoms with Crippen LogP contribution in [0.25, 0.3) is 10.9 Å². The third-order valence-electron chi connectivity index (χ3n) is 3.37. The minimum atomic E-state index is -4.42. The van der Waals surface area contributed by atoms with Crippen molar-refractivity contribution in [2.24, 2.45) is 0 Å². The summed E-state index contributed by atoms with van der Waals surface area (Å²) in [5.41, 5.74) is 0.878. The van der Waals surface area contributed by atoms with Gasteiger partial charge in [0.1, 0.15) is 5.69 Å². The number of carbonyl (C=O) groups excluding carboxylic acids is 1. The number of aromatic amines is 2. The van der Waals surface area contributed by atoms with Crippen molar-refractivity contribution in [3.05, 3.63) is 47.4 Å². The minimum absolute atomic E-state index is 0.218. The van der Waals surface area contributed by atoms with Crippen LogP contribution in [-0.2, 0) is 6.18 Å². The minimum Gasteiger partial charge on any atom is -0.350 e. The maximum absolute atomic E-state index is 12.8. The number of amides is 1. The maximum atomic E-state index is 12.8. The summed E-state index contributed by atoms with van der Waals surface area (Å²) >= 11 is 0. The molecule has 0 atom stereocenters. The lowest BCUT2D eigenvalue weighted by Crippen LogP contribution is -2.12. The Bertz CT molecular complexity index is 834. The summed E-state index contributed by atoms with van der Waals surface area (Å²) in [5, 5.41) is 9.22. The summed E-state index contributed by atoms with van der Waals surface area (Å²) in [6.45, 7) is 1.60. The Hall–Kier alpha value is -2.77. The Morgan fingerprint density at radius 1 is 1.32 bits per heavy atom. The molecule has 3 N–H and O–H groups in total. The summed E-state index contributed by atoms with van der Waals surface area (Å²) < 4.78 is 38.3. The molecule has 2 heterocycles. The van der Waals surface area contributed by atoms with Crippen LogP contribution in [-0.4, -0.2) is 21.1 Å². The first-order valence-corrected chi connectivity index (χ1v) is 6.36. The maximum Gasteiger partial charge on any atom is 0.416 e. The Kier molecular flexibility index (Phi) is 3.16. The van der Waals surface area contributed by atoms with Crippen molar-refractivity contribution in [3.63, 3.8) is 0 Å². The fourth-order valence-electron chi connectivity index (χ4n) is 2.24. The van der Waals surface area contributed by atoms with Crippen LogP contribution in [0.15, 0.2) is 30.6 Å². The third kappa shape index (κ3) is 2.43. The van der Waals surface area contributed by atoms with Gasteiger partial charge in [0.2, 0.25) is 0 Å². The number of aryl methyl sites for hydroxylation is 1. The Labute approximate surface area is 122 Å². The first kappa shape index (κ1) is 14.2. The van der Waals surface area contributed by atoms with Crippen molar-refractivity contribution in [2.75, 3.05) is 5.32 Å². The van der Waals surface area contributed by atoms with E-state index in [-0.39, 0.29) is 5.69 Å². The molecule has 3 rings (SSSR count). The van der Waals surface area contributed by atoms with Gasteiger partial charge < -0.3 is 10.3 Å². The highest BCUT2D eigenvalue weighted by Crippen LogP contribution is 2.33. The lowest BCUT2D eigenvalue weighted by atomic mass is 10.1. The molecule has 0 unspecified atom stereocenters. The van der Waals surface area contributed by atoms with E-state index in [4.69, 9.17) is 0 Å². The van der Waals surface area contributed by atoms with E-state index in [9.17, 15) is 18.0 Å². The molecule has 0 saturated heterocycles. The van der Waals surface area contributed by atoms with Gasteiger partial charge >= 0.3 is 6.18 Å². The first-order chi connectivity index (χ1) is 10.4. The van der Waals surface area contributed by atoms with Crippen LogP contribution in [0.2, 0.25) is 0 Å². The normalized spacial score (nSPS) is 11.8. The second kappa shape index (κ2) is 4.90. The molecule has 0 spiro atoms. The van der Waals surface area contributed by atoms with Gasteiger partial charge in [-0.15, -0.1) is 0 Å². The monoisotopic (exact) mass is 308 g/mol. The van der Waals surface area contributed by atoms with Crippen molar-refractivity contribution in [1.82, 2.24) is 15.2 Å². The van der Waals surface area contributed by atoms with E-state index in [0.29, 0.717) is 22.2 Å². The van der Waals surface area contributed by atoms with Gasteiger partial charge in [0.05, 0.1) is 17.4 Å². The molecule has 114 valence electrons. The number of benzene rings is 1. The molecule has 0 radical (unpaired) electrons. The van der Waals surface area contributed by atoms with Crippen LogP contribution in [0, 0.1) is 6.92 Å². The molecule has 5 nitrogen and oxygen atoms in total. The van der Waals surface area contributed by atoms with E-state index >= 15 is 0 Å². The van der Waals surface area contributed by atoms with Gasteiger partial charge in [-0.3, -0.25) is 9.89 Å². The van der Waals surface area contributed by atoms with Crippen LogP contribution in [0.4, 0.5) is 18.9 Å². The van der Waals surface area contributed by atoms with Crippen molar-refractivity contribution in [1.29, 1.82) is 0 Å². The highest BCUT2D eigenvalue weighted by Gasteiger charge is 2.31. The number of aromatic nitrogens is 3. The average Bonchev–Trinajstić information content (AvgIpc) is 3.06. The van der Waals surface area contributed by atoms with E-state index in [1.54, 1.807) is 6.92 Å². The number of carbonyl (C=O) groups is 1. The van der Waals surface area contributed by atoms with Crippen LogP contribution >= 0.6 is 0 Å². The molecule has 22 heavy (non-hydrogen) atoms. The molecule has 0 saturated carbocycles. The molecular formula is C14H11F3N4O. The molecule has 2 aromatic heterocycles. The summed E-state index contributed by atoms with van der Waals surface area (Å²) in [7, 11) is 0. The zero-order valence-electron chi connectivity index (χ0n) is 11.4. The smallest absolute Gasteiger partial charge is 0.350 e. The predicted molar refractivity (Wildman–Crippen MR) is 74.6 cm³/mol. The zero-order chi connectivity index (χ0) is 15.9. The summed E-state index contributed by atoms with van der Waals surface area (Å²) in [6.07, 6.45) is -1.49. The predicted octanol–water partition coefficient (Wildman–Crippen LogP) is 3.47. The van der Waals surface area contributed by atoms with Gasteiger partial charge in [-0.1, -0.05) is 0 Å². The molecule has 8 heteroatoms. The third-order valence-corrected chi connectivity index (χ3v) is 3.37. The topological polar surface area (TPSA) is 73.6 Å². The van der Waals surface area contributed by atoms with Gasteiger partial charge in [-0.05, 0) is 30.7 Å². The fraction of sp³-hybridized carbons (Fsp3) is 0.143. The molecular weight excluding hydrogens is 297 g/mol. The average molecular weight is 308 g/mol.